The zero-order chi connectivity index (χ0) is 13.7. The van der Waals surface area contributed by atoms with Gasteiger partial charge in [0.2, 0.25) is 0 Å². The summed E-state index contributed by atoms with van der Waals surface area (Å²) in [6.45, 7) is 4.00. The van der Waals surface area contributed by atoms with E-state index in [0.717, 1.165) is 5.56 Å². The molecule has 2 nitrogen and oxygen atoms in total. The van der Waals surface area contributed by atoms with E-state index >= 15 is 0 Å². The lowest BCUT2D eigenvalue weighted by molar-refractivity contribution is 0.213. The largest absolute Gasteiger partial charge is 0.489 e. The van der Waals surface area contributed by atoms with Gasteiger partial charge in [0, 0.05) is 10.6 Å². The van der Waals surface area contributed by atoms with Crippen LogP contribution in [0, 0.1) is 0 Å². The average Bonchev–Trinajstić information content (AvgIpc) is 2.46. The van der Waals surface area contributed by atoms with Gasteiger partial charge < -0.3 is 9.84 Å². The highest BCUT2D eigenvalue weighted by molar-refractivity contribution is 6.30. The zero-order valence-corrected chi connectivity index (χ0v) is 11.2. The molecule has 0 spiro atoms. The maximum atomic E-state index is 10.4. The van der Waals surface area contributed by atoms with E-state index < -0.39 is 6.10 Å². The highest BCUT2D eigenvalue weighted by Crippen LogP contribution is 2.32. The average molecular weight is 275 g/mol. The molecule has 19 heavy (non-hydrogen) atoms. The molecule has 3 heteroatoms. The summed E-state index contributed by atoms with van der Waals surface area (Å²) in [5, 5.41) is 11.0. The van der Waals surface area contributed by atoms with Gasteiger partial charge in [0.25, 0.3) is 0 Å². The van der Waals surface area contributed by atoms with Crippen LogP contribution in [0.5, 0.6) is 5.75 Å². The SMILES string of the molecule is C=CCOc1ccc(Cl)cc1C(O)c1ccccc1. The lowest BCUT2D eigenvalue weighted by Gasteiger charge is -2.16. The summed E-state index contributed by atoms with van der Waals surface area (Å²) in [4.78, 5) is 0. The molecule has 0 radical (unpaired) electrons. The van der Waals surface area contributed by atoms with Crippen LogP contribution in [0.2, 0.25) is 5.02 Å². The van der Waals surface area contributed by atoms with Gasteiger partial charge in [0.05, 0.1) is 0 Å². The Bertz CT molecular complexity index is 552. The molecule has 0 saturated heterocycles. The third kappa shape index (κ3) is 3.37. The van der Waals surface area contributed by atoms with Crippen molar-refractivity contribution in [1.82, 2.24) is 0 Å². The summed E-state index contributed by atoms with van der Waals surface area (Å²) in [6, 6.07) is 14.6. The summed E-state index contributed by atoms with van der Waals surface area (Å²) < 4.78 is 5.55. The van der Waals surface area contributed by atoms with Crippen molar-refractivity contribution < 1.29 is 9.84 Å². The van der Waals surface area contributed by atoms with Gasteiger partial charge in [-0.25, -0.2) is 0 Å². The molecule has 0 aromatic heterocycles. The molecule has 2 aromatic carbocycles. The molecular formula is C16H15ClO2. The highest BCUT2D eigenvalue weighted by Gasteiger charge is 2.15. The third-order valence-electron chi connectivity index (χ3n) is 2.74. The zero-order valence-electron chi connectivity index (χ0n) is 10.4. The van der Waals surface area contributed by atoms with Crippen molar-refractivity contribution in [3.05, 3.63) is 77.3 Å². The number of aliphatic hydroxyl groups excluding tert-OH is 1. The van der Waals surface area contributed by atoms with Crippen LogP contribution in [0.25, 0.3) is 0 Å². The fourth-order valence-electron chi connectivity index (χ4n) is 1.83. The second-order valence-corrected chi connectivity index (χ2v) is 4.53. The molecule has 0 bridgehead atoms. The van der Waals surface area contributed by atoms with Crippen molar-refractivity contribution in [3.8, 4) is 5.75 Å². The van der Waals surface area contributed by atoms with E-state index in [1.807, 2.05) is 30.3 Å². The van der Waals surface area contributed by atoms with Crippen LogP contribution >= 0.6 is 11.6 Å². The van der Waals surface area contributed by atoms with Gasteiger partial charge >= 0.3 is 0 Å². The van der Waals surface area contributed by atoms with E-state index in [0.29, 0.717) is 22.9 Å². The highest BCUT2D eigenvalue weighted by atomic mass is 35.5. The topological polar surface area (TPSA) is 29.5 Å². The summed E-state index contributed by atoms with van der Waals surface area (Å²) in [7, 11) is 0. The lowest BCUT2D eigenvalue weighted by atomic mass is 10.0. The van der Waals surface area contributed by atoms with Crippen molar-refractivity contribution in [2.24, 2.45) is 0 Å². The van der Waals surface area contributed by atoms with Crippen LogP contribution in [0.1, 0.15) is 17.2 Å². The van der Waals surface area contributed by atoms with Crippen LogP contribution in [-0.4, -0.2) is 11.7 Å². The number of rotatable bonds is 5. The lowest BCUT2D eigenvalue weighted by Crippen LogP contribution is -2.04. The quantitative estimate of drug-likeness (QED) is 0.836. The normalized spacial score (nSPS) is 11.9. The van der Waals surface area contributed by atoms with Crippen LogP contribution in [-0.2, 0) is 0 Å². The van der Waals surface area contributed by atoms with Gasteiger partial charge in [0.15, 0.2) is 0 Å². The Labute approximate surface area is 117 Å². The first-order chi connectivity index (χ1) is 9.22. The Morgan fingerprint density at radius 1 is 1.21 bits per heavy atom. The fraction of sp³-hybridized carbons (Fsp3) is 0.125. The number of halogens is 1. The molecule has 0 aliphatic carbocycles. The smallest absolute Gasteiger partial charge is 0.126 e. The number of ether oxygens (including phenoxy) is 1. The van der Waals surface area contributed by atoms with E-state index in [1.54, 1.807) is 24.3 Å². The second-order valence-electron chi connectivity index (χ2n) is 4.10. The Hall–Kier alpha value is -1.77. The van der Waals surface area contributed by atoms with Crippen LogP contribution in [0.4, 0.5) is 0 Å². The van der Waals surface area contributed by atoms with Crippen molar-refractivity contribution in [2.75, 3.05) is 6.61 Å². The number of aliphatic hydroxyl groups is 1. The number of hydrogen-bond acceptors (Lipinski definition) is 2. The molecule has 0 fully saturated rings. The van der Waals surface area contributed by atoms with Crippen LogP contribution < -0.4 is 4.74 Å². The maximum absolute atomic E-state index is 10.4. The molecule has 1 unspecified atom stereocenters. The second kappa shape index (κ2) is 6.41. The van der Waals surface area contributed by atoms with Gasteiger partial charge in [-0.3, -0.25) is 0 Å². The summed E-state index contributed by atoms with van der Waals surface area (Å²) in [5.74, 6) is 0.612. The molecule has 2 rings (SSSR count). The third-order valence-corrected chi connectivity index (χ3v) is 2.97. The Kier molecular flexibility index (Phi) is 4.61. The van der Waals surface area contributed by atoms with Crippen molar-refractivity contribution in [3.63, 3.8) is 0 Å². The molecule has 2 aromatic rings. The van der Waals surface area contributed by atoms with Crippen molar-refractivity contribution >= 4 is 11.6 Å². The molecule has 0 aliphatic rings. The number of benzene rings is 2. The molecule has 0 amide bonds. The molecule has 1 N–H and O–H groups in total. The van der Waals surface area contributed by atoms with Gasteiger partial charge in [-0.05, 0) is 23.8 Å². The molecule has 98 valence electrons. The molecule has 0 aliphatic heterocycles. The van der Waals surface area contributed by atoms with Gasteiger partial charge in [-0.1, -0.05) is 54.6 Å². The molecule has 0 heterocycles. The van der Waals surface area contributed by atoms with Gasteiger partial charge in [-0.2, -0.15) is 0 Å². The first-order valence-corrected chi connectivity index (χ1v) is 6.36. The minimum atomic E-state index is -0.764. The van der Waals surface area contributed by atoms with Gasteiger partial charge in [0.1, 0.15) is 18.5 Å². The predicted octanol–water partition coefficient (Wildman–Crippen LogP) is 3.99. The van der Waals surface area contributed by atoms with Crippen LogP contribution in [0.3, 0.4) is 0 Å². The van der Waals surface area contributed by atoms with Crippen LogP contribution in [0.15, 0.2) is 61.2 Å². The first kappa shape index (κ1) is 13.7. The molecule has 0 saturated carbocycles. The number of hydrogen-bond donors (Lipinski definition) is 1. The Morgan fingerprint density at radius 2 is 1.95 bits per heavy atom. The van der Waals surface area contributed by atoms with Crippen molar-refractivity contribution in [2.45, 2.75) is 6.10 Å². The maximum Gasteiger partial charge on any atom is 0.126 e. The summed E-state index contributed by atoms with van der Waals surface area (Å²) >= 11 is 6.00. The fourth-order valence-corrected chi connectivity index (χ4v) is 2.01. The van der Waals surface area contributed by atoms with E-state index in [4.69, 9.17) is 16.3 Å². The standard InChI is InChI=1S/C16H15ClO2/c1-2-10-19-15-9-8-13(17)11-14(15)16(18)12-6-4-3-5-7-12/h2-9,11,16,18H,1,10H2. The Morgan fingerprint density at radius 3 is 2.63 bits per heavy atom. The monoisotopic (exact) mass is 274 g/mol. The minimum absolute atomic E-state index is 0.385. The van der Waals surface area contributed by atoms with E-state index in [2.05, 4.69) is 6.58 Å². The predicted molar refractivity (Wildman–Crippen MR) is 77.6 cm³/mol. The first-order valence-electron chi connectivity index (χ1n) is 5.98. The van der Waals surface area contributed by atoms with E-state index in [9.17, 15) is 5.11 Å². The van der Waals surface area contributed by atoms with E-state index in [-0.39, 0.29) is 0 Å². The van der Waals surface area contributed by atoms with E-state index in [1.165, 1.54) is 0 Å². The Balaban J connectivity index is 2.36. The minimum Gasteiger partial charge on any atom is -0.489 e. The summed E-state index contributed by atoms with van der Waals surface area (Å²) in [6.07, 6.45) is 0.896. The molecular weight excluding hydrogens is 260 g/mol. The van der Waals surface area contributed by atoms with Gasteiger partial charge in [-0.15, -0.1) is 0 Å². The summed E-state index contributed by atoms with van der Waals surface area (Å²) in [5.41, 5.74) is 1.45. The van der Waals surface area contributed by atoms with Crippen molar-refractivity contribution in [1.29, 1.82) is 0 Å². The molecule has 1 atom stereocenters.